The van der Waals surface area contributed by atoms with Crippen LogP contribution in [0.5, 0.6) is 0 Å². The van der Waals surface area contributed by atoms with Crippen LogP contribution in [0.3, 0.4) is 0 Å². The van der Waals surface area contributed by atoms with Gasteiger partial charge in [0, 0.05) is 11.3 Å². The molecule has 1 heterocycles. The van der Waals surface area contributed by atoms with Crippen LogP contribution in [0, 0.1) is 11.8 Å². The second kappa shape index (κ2) is 3.46. The van der Waals surface area contributed by atoms with Crippen molar-refractivity contribution in [1.29, 1.82) is 0 Å². The number of esters is 1. The third-order valence-electron chi connectivity index (χ3n) is 3.05. The van der Waals surface area contributed by atoms with E-state index in [1.807, 2.05) is 0 Å². The molecule has 3 nitrogen and oxygen atoms in total. The van der Waals surface area contributed by atoms with E-state index in [-0.39, 0.29) is 17.3 Å². The van der Waals surface area contributed by atoms with Crippen molar-refractivity contribution in [2.75, 3.05) is 13.7 Å². The summed E-state index contributed by atoms with van der Waals surface area (Å²) in [5, 5.41) is 0.0802. The lowest BCUT2D eigenvalue weighted by atomic mass is 9.94. The van der Waals surface area contributed by atoms with Crippen molar-refractivity contribution in [3.05, 3.63) is 0 Å². The fourth-order valence-electron chi connectivity index (χ4n) is 2.36. The van der Waals surface area contributed by atoms with Gasteiger partial charge in [-0.15, -0.1) is 11.6 Å². The van der Waals surface area contributed by atoms with E-state index in [0.717, 1.165) is 12.8 Å². The molecular formula is C9H13ClO3. The molecule has 74 valence electrons. The highest BCUT2D eigenvalue weighted by Gasteiger charge is 2.49. The van der Waals surface area contributed by atoms with E-state index in [9.17, 15) is 4.79 Å². The molecule has 4 atom stereocenters. The zero-order valence-corrected chi connectivity index (χ0v) is 8.29. The minimum atomic E-state index is -0.417. The third kappa shape index (κ3) is 1.44. The van der Waals surface area contributed by atoms with Crippen LogP contribution in [-0.4, -0.2) is 31.2 Å². The first kappa shape index (κ1) is 9.28. The Balaban J connectivity index is 2.10. The van der Waals surface area contributed by atoms with Gasteiger partial charge in [0.2, 0.25) is 0 Å². The smallest absolute Gasteiger partial charge is 0.335 e. The molecule has 0 amide bonds. The standard InChI is InChI=1S/C9H13ClO3/c1-12-9(11)8-7-5(4-13-8)2-3-6(7)10/h5-8H,2-4H2,1H3/t5-,6+,7-,8-/m1/s1. The van der Waals surface area contributed by atoms with Gasteiger partial charge in [-0.3, -0.25) is 0 Å². The maximum atomic E-state index is 11.3. The molecule has 0 spiro atoms. The molecule has 0 aromatic carbocycles. The molecule has 0 aromatic rings. The Labute approximate surface area is 82.3 Å². The van der Waals surface area contributed by atoms with E-state index in [1.165, 1.54) is 7.11 Å². The molecule has 2 fully saturated rings. The van der Waals surface area contributed by atoms with Crippen molar-refractivity contribution >= 4 is 17.6 Å². The fraction of sp³-hybridized carbons (Fsp3) is 0.889. The summed E-state index contributed by atoms with van der Waals surface area (Å²) < 4.78 is 10.1. The predicted octanol–water partition coefficient (Wildman–Crippen LogP) is 1.19. The number of carbonyl (C=O) groups is 1. The molecule has 1 saturated carbocycles. The number of halogens is 1. The van der Waals surface area contributed by atoms with E-state index < -0.39 is 6.10 Å². The van der Waals surface area contributed by atoms with Crippen molar-refractivity contribution in [3.8, 4) is 0 Å². The summed E-state index contributed by atoms with van der Waals surface area (Å²) in [6, 6.07) is 0. The Morgan fingerprint density at radius 1 is 1.54 bits per heavy atom. The lowest BCUT2D eigenvalue weighted by Crippen LogP contribution is -2.32. The van der Waals surface area contributed by atoms with E-state index in [0.29, 0.717) is 12.5 Å². The number of rotatable bonds is 1. The number of ether oxygens (including phenoxy) is 2. The summed E-state index contributed by atoms with van der Waals surface area (Å²) in [5.41, 5.74) is 0. The maximum absolute atomic E-state index is 11.3. The summed E-state index contributed by atoms with van der Waals surface area (Å²) in [6.45, 7) is 0.660. The zero-order valence-electron chi connectivity index (χ0n) is 7.53. The number of hydrogen-bond acceptors (Lipinski definition) is 3. The molecule has 0 bridgehead atoms. The first-order valence-corrected chi connectivity index (χ1v) is 5.01. The van der Waals surface area contributed by atoms with Gasteiger partial charge < -0.3 is 9.47 Å². The average molecular weight is 205 g/mol. The normalized spacial score (nSPS) is 43.2. The molecule has 0 unspecified atom stereocenters. The highest BCUT2D eigenvalue weighted by atomic mass is 35.5. The van der Waals surface area contributed by atoms with Gasteiger partial charge in [0.05, 0.1) is 13.7 Å². The molecule has 0 N–H and O–H groups in total. The summed E-state index contributed by atoms with van der Waals surface area (Å²) in [5.74, 6) is 0.362. The molecule has 1 saturated heterocycles. The molecule has 0 aromatic heterocycles. The third-order valence-corrected chi connectivity index (χ3v) is 3.56. The largest absolute Gasteiger partial charge is 0.467 e. The van der Waals surface area contributed by atoms with Gasteiger partial charge in [-0.2, -0.15) is 0 Å². The highest BCUT2D eigenvalue weighted by molar-refractivity contribution is 6.21. The first-order chi connectivity index (χ1) is 6.24. The van der Waals surface area contributed by atoms with Crippen molar-refractivity contribution in [2.45, 2.75) is 24.3 Å². The quantitative estimate of drug-likeness (QED) is 0.476. The number of methoxy groups -OCH3 is 1. The van der Waals surface area contributed by atoms with Gasteiger partial charge >= 0.3 is 5.97 Å². The van der Waals surface area contributed by atoms with Crippen molar-refractivity contribution in [1.82, 2.24) is 0 Å². The average Bonchev–Trinajstić information content (AvgIpc) is 2.68. The number of carbonyl (C=O) groups excluding carboxylic acids is 1. The number of alkyl halides is 1. The molecule has 2 aliphatic rings. The van der Waals surface area contributed by atoms with Crippen LogP contribution in [0.2, 0.25) is 0 Å². The summed E-state index contributed by atoms with van der Waals surface area (Å²) in [7, 11) is 1.39. The van der Waals surface area contributed by atoms with Crippen LogP contribution in [-0.2, 0) is 14.3 Å². The molecule has 1 aliphatic carbocycles. The maximum Gasteiger partial charge on any atom is 0.335 e. The van der Waals surface area contributed by atoms with Crippen LogP contribution < -0.4 is 0 Å². The van der Waals surface area contributed by atoms with E-state index in [1.54, 1.807) is 0 Å². The molecule has 2 rings (SSSR count). The van der Waals surface area contributed by atoms with Crippen LogP contribution in [0.4, 0.5) is 0 Å². The van der Waals surface area contributed by atoms with Crippen LogP contribution in [0.25, 0.3) is 0 Å². The summed E-state index contributed by atoms with van der Waals surface area (Å²) >= 11 is 6.12. The van der Waals surface area contributed by atoms with Crippen LogP contribution in [0.15, 0.2) is 0 Å². The Morgan fingerprint density at radius 2 is 2.31 bits per heavy atom. The minimum absolute atomic E-state index is 0.0802. The molecule has 0 radical (unpaired) electrons. The van der Waals surface area contributed by atoms with Crippen LogP contribution >= 0.6 is 11.6 Å². The van der Waals surface area contributed by atoms with E-state index >= 15 is 0 Å². The van der Waals surface area contributed by atoms with Gasteiger partial charge in [0.1, 0.15) is 0 Å². The Morgan fingerprint density at radius 3 is 3.00 bits per heavy atom. The van der Waals surface area contributed by atoms with Gasteiger partial charge in [-0.1, -0.05) is 0 Å². The summed E-state index contributed by atoms with van der Waals surface area (Å²) in [6.07, 6.45) is 1.65. The van der Waals surface area contributed by atoms with E-state index in [2.05, 4.69) is 4.74 Å². The molecule has 13 heavy (non-hydrogen) atoms. The Bertz CT molecular complexity index is 219. The lowest BCUT2D eigenvalue weighted by Gasteiger charge is -2.17. The highest BCUT2D eigenvalue weighted by Crippen LogP contribution is 2.43. The molecule has 1 aliphatic heterocycles. The lowest BCUT2D eigenvalue weighted by molar-refractivity contribution is -0.153. The Kier molecular flexibility index (Phi) is 2.47. The van der Waals surface area contributed by atoms with Gasteiger partial charge in [0.15, 0.2) is 6.10 Å². The van der Waals surface area contributed by atoms with Gasteiger partial charge in [0.25, 0.3) is 0 Å². The predicted molar refractivity (Wildman–Crippen MR) is 47.6 cm³/mol. The van der Waals surface area contributed by atoms with Crippen molar-refractivity contribution in [3.63, 3.8) is 0 Å². The second-order valence-corrected chi connectivity index (χ2v) is 4.27. The topological polar surface area (TPSA) is 35.5 Å². The zero-order chi connectivity index (χ0) is 9.42. The van der Waals surface area contributed by atoms with E-state index in [4.69, 9.17) is 16.3 Å². The van der Waals surface area contributed by atoms with Crippen LogP contribution in [0.1, 0.15) is 12.8 Å². The first-order valence-electron chi connectivity index (χ1n) is 4.57. The number of fused-ring (bicyclic) bond motifs is 1. The monoisotopic (exact) mass is 204 g/mol. The minimum Gasteiger partial charge on any atom is -0.467 e. The fourth-order valence-corrected chi connectivity index (χ4v) is 2.83. The molecular weight excluding hydrogens is 192 g/mol. The van der Waals surface area contributed by atoms with Gasteiger partial charge in [-0.05, 0) is 18.8 Å². The van der Waals surface area contributed by atoms with Gasteiger partial charge in [-0.25, -0.2) is 4.79 Å². The second-order valence-electron chi connectivity index (χ2n) is 3.71. The van der Waals surface area contributed by atoms with Crippen molar-refractivity contribution in [2.24, 2.45) is 11.8 Å². The Hall–Kier alpha value is -0.280. The summed E-state index contributed by atoms with van der Waals surface area (Å²) in [4.78, 5) is 11.3. The molecule has 4 heteroatoms. The number of hydrogen-bond donors (Lipinski definition) is 0. The van der Waals surface area contributed by atoms with Crippen molar-refractivity contribution < 1.29 is 14.3 Å². The SMILES string of the molecule is COC(=O)[C@@H]1OC[C@H]2CC[C@H](Cl)[C@@H]21.